The molecular formula is C21H29F3N3O3P. The van der Waals surface area contributed by atoms with Gasteiger partial charge in [0, 0.05) is 5.30 Å². The minimum Gasteiger partial charge on any atom is -0.444 e. The second-order valence-corrected chi connectivity index (χ2v) is 12.7. The third-order valence-corrected chi connectivity index (χ3v) is 5.78. The quantitative estimate of drug-likeness (QED) is 0.630. The van der Waals surface area contributed by atoms with Crippen LogP contribution in [0.2, 0.25) is 0 Å². The van der Waals surface area contributed by atoms with Gasteiger partial charge in [0.05, 0.1) is 17.8 Å². The van der Waals surface area contributed by atoms with E-state index in [0.717, 1.165) is 6.07 Å². The normalized spacial score (nSPS) is 13.2. The molecule has 31 heavy (non-hydrogen) atoms. The predicted octanol–water partition coefficient (Wildman–Crippen LogP) is 5.12. The molecule has 0 bridgehead atoms. The first-order chi connectivity index (χ1) is 13.9. The Morgan fingerprint density at radius 1 is 1.10 bits per heavy atom. The first-order valence-electron chi connectivity index (χ1n) is 9.70. The van der Waals surface area contributed by atoms with Crippen molar-refractivity contribution in [2.45, 2.75) is 58.5 Å². The smallest absolute Gasteiger partial charge is 0.435 e. The number of benzene rings is 1. The molecule has 1 heterocycles. The maximum Gasteiger partial charge on any atom is 0.435 e. The number of rotatable bonds is 5. The number of amides is 1. The Bertz CT molecular complexity index is 984. The number of halogens is 3. The van der Waals surface area contributed by atoms with Crippen LogP contribution < -0.4 is 10.6 Å². The number of alkyl halides is 3. The first kappa shape index (κ1) is 25.0. The molecule has 2 aromatic rings. The summed E-state index contributed by atoms with van der Waals surface area (Å²) < 4.78 is 58.7. The molecule has 0 spiro atoms. The Morgan fingerprint density at radius 2 is 1.65 bits per heavy atom. The summed E-state index contributed by atoms with van der Waals surface area (Å²) in [5.41, 5.74) is -1.96. The van der Waals surface area contributed by atoms with Crippen molar-refractivity contribution in [1.29, 1.82) is 0 Å². The van der Waals surface area contributed by atoms with Crippen LogP contribution in [-0.4, -0.2) is 40.3 Å². The number of ether oxygens (including phenoxy) is 1. The average molecular weight is 459 g/mol. The van der Waals surface area contributed by atoms with E-state index in [-0.39, 0.29) is 12.2 Å². The summed E-state index contributed by atoms with van der Waals surface area (Å²) >= 11 is 0. The molecule has 0 atom stereocenters. The van der Waals surface area contributed by atoms with Crippen LogP contribution in [0, 0.1) is 0 Å². The molecule has 0 saturated carbocycles. The maximum atomic E-state index is 13.3. The lowest BCUT2D eigenvalue weighted by atomic mass is 10.1. The fourth-order valence-electron chi connectivity index (χ4n) is 2.89. The molecule has 0 aliphatic rings. The lowest BCUT2D eigenvalue weighted by molar-refractivity contribution is -0.141. The Balaban J connectivity index is 2.39. The standard InChI is InChI=1S/C21H29F3N3O3P/c1-19(2,3)30-18(28)25-20(4,5)13-27-16(12-17(26-27)21(22,23)24)14-8-10-15(11-9-14)31(6,7)29/h8-12H,13H2,1-7H3,(H,25,28). The molecule has 10 heteroatoms. The highest BCUT2D eigenvalue weighted by atomic mass is 31.2. The third kappa shape index (κ3) is 7.13. The highest BCUT2D eigenvalue weighted by Crippen LogP contribution is 2.36. The second kappa shape index (κ2) is 8.34. The molecule has 6 nitrogen and oxygen atoms in total. The Kier molecular flexibility index (Phi) is 6.72. The highest BCUT2D eigenvalue weighted by molar-refractivity contribution is 7.70. The van der Waals surface area contributed by atoms with Crippen LogP contribution >= 0.6 is 7.14 Å². The van der Waals surface area contributed by atoms with Crippen molar-refractivity contribution in [2.75, 3.05) is 13.3 Å². The maximum absolute atomic E-state index is 13.3. The van der Waals surface area contributed by atoms with Gasteiger partial charge in [-0.3, -0.25) is 4.68 Å². The average Bonchev–Trinajstić information content (AvgIpc) is 2.94. The molecule has 1 aromatic heterocycles. The van der Waals surface area contributed by atoms with Gasteiger partial charge >= 0.3 is 12.3 Å². The van der Waals surface area contributed by atoms with E-state index in [9.17, 15) is 22.5 Å². The van der Waals surface area contributed by atoms with E-state index >= 15 is 0 Å². The molecule has 172 valence electrons. The zero-order valence-corrected chi connectivity index (χ0v) is 19.7. The van der Waals surface area contributed by atoms with Crippen LogP contribution in [0.15, 0.2) is 30.3 Å². The van der Waals surface area contributed by atoms with Crippen LogP contribution in [0.4, 0.5) is 18.0 Å². The summed E-state index contributed by atoms with van der Waals surface area (Å²) in [5.74, 6) is 0. The van der Waals surface area contributed by atoms with Gasteiger partial charge in [-0.1, -0.05) is 24.3 Å². The summed E-state index contributed by atoms with van der Waals surface area (Å²) in [6, 6.07) is 7.50. The summed E-state index contributed by atoms with van der Waals surface area (Å²) in [5, 5.41) is 7.05. The fourth-order valence-corrected chi connectivity index (χ4v) is 3.76. The molecular weight excluding hydrogens is 430 g/mol. The van der Waals surface area contributed by atoms with E-state index in [1.807, 2.05) is 0 Å². The van der Waals surface area contributed by atoms with Gasteiger partial charge in [-0.05, 0) is 59.6 Å². The van der Waals surface area contributed by atoms with Crippen molar-refractivity contribution in [3.8, 4) is 11.3 Å². The number of aromatic nitrogens is 2. The second-order valence-electron chi connectivity index (χ2n) is 9.48. The number of hydrogen-bond acceptors (Lipinski definition) is 4. The summed E-state index contributed by atoms with van der Waals surface area (Å²) in [6.45, 7) is 11.7. The lowest BCUT2D eigenvalue weighted by Crippen LogP contribution is -2.48. The first-order valence-corrected chi connectivity index (χ1v) is 12.3. The Morgan fingerprint density at radius 3 is 2.10 bits per heavy atom. The van der Waals surface area contributed by atoms with Crippen molar-refractivity contribution >= 4 is 18.5 Å². The van der Waals surface area contributed by atoms with E-state index in [2.05, 4.69) is 10.4 Å². The van der Waals surface area contributed by atoms with Gasteiger partial charge < -0.3 is 14.6 Å². The number of nitrogens with zero attached hydrogens (tertiary/aromatic N) is 2. The van der Waals surface area contributed by atoms with Crippen LogP contribution in [-0.2, 0) is 22.0 Å². The van der Waals surface area contributed by atoms with E-state index in [1.165, 1.54) is 4.68 Å². The van der Waals surface area contributed by atoms with Gasteiger partial charge in [-0.15, -0.1) is 0 Å². The molecule has 0 radical (unpaired) electrons. The van der Waals surface area contributed by atoms with Crippen molar-refractivity contribution in [1.82, 2.24) is 15.1 Å². The van der Waals surface area contributed by atoms with Crippen LogP contribution in [0.3, 0.4) is 0 Å². The molecule has 2 rings (SSSR count). The number of alkyl carbamates (subject to hydrolysis) is 1. The molecule has 0 aliphatic heterocycles. The molecule has 0 fully saturated rings. The Hall–Kier alpha value is -2.28. The number of hydrogen-bond donors (Lipinski definition) is 1. The fraction of sp³-hybridized carbons (Fsp3) is 0.524. The summed E-state index contributed by atoms with van der Waals surface area (Å²) in [6.07, 6.45) is -5.29. The van der Waals surface area contributed by atoms with E-state index in [4.69, 9.17) is 4.74 Å². The zero-order valence-electron chi connectivity index (χ0n) is 18.8. The Labute approximate surface area is 180 Å². The SMILES string of the molecule is CC(C)(Cn1nc(C(F)(F)F)cc1-c1ccc(P(C)(C)=O)cc1)NC(=O)OC(C)(C)C. The molecule has 0 saturated heterocycles. The van der Waals surface area contributed by atoms with E-state index < -0.39 is 36.2 Å². The van der Waals surface area contributed by atoms with Crippen LogP contribution in [0.1, 0.15) is 40.3 Å². The summed E-state index contributed by atoms with van der Waals surface area (Å²) in [7, 11) is -2.49. The molecule has 0 aliphatic carbocycles. The van der Waals surface area contributed by atoms with Crippen molar-refractivity contribution in [3.05, 3.63) is 36.0 Å². The van der Waals surface area contributed by atoms with Gasteiger partial charge in [0.25, 0.3) is 0 Å². The minimum absolute atomic E-state index is 0.0283. The number of carbonyl (C=O) groups is 1. The van der Waals surface area contributed by atoms with Crippen LogP contribution in [0.5, 0.6) is 0 Å². The highest BCUT2D eigenvalue weighted by Gasteiger charge is 2.36. The molecule has 0 unspecified atom stereocenters. The van der Waals surface area contributed by atoms with Gasteiger partial charge in [0.2, 0.25) is 0 Å². The molecule has 1 N–H and O–H groups in total. The lowest BCUT2D eigenvalue weighted by Gasteiger charge is -2.29. The largest absolute Gasteiger partial charge is 0.444 e. The topological polar surface area (TPSA) is 73.2 Å². The van der Waals surface area contributed by atoms with E-state index in [1.54, 1.807) is 72.2 Å². The van der Waals surface area contributed by atoms with E-state index in [0.29, 0.717) is 10.9 Å². The minimum atomic E-state index is -4.62. The predicted molar refractivity (Wildman–Crippen MR) is 115 cm³/mol. The van der Waals surface area contributed by atoms with Gasteiger partial charge in [0.15, 0.2) is 5.69 Å². The number of carbonyl (C=O) groups excluding carboxylic acids is 1. The van der Waals surface area contributed by atoms with Gasteiger partial charge in [-0.25, -0.2) is 4.79 Å². The van der Waals surface area contributed by atoms with Gasteiger partial charge in [-0.2, -0.15) is 18.3 Å². The van der Waals surface area contributed by atoms with Crippen molar-refractivity contribution in [2.24, 2.45) is 0 Å². The van der Waals surface area contributed by atoms with Gasteiger partial charge in [0.1, 0.15) is 12.7 Å². The molecule has 1 aromatic carbocycles. The summed E-state index contributed by atoms with van der Waals surface area (Å²) in [4.78, 5) is 12.1. The molecule has 1 amide bonds. The zero-order chi connectivity index (χ0) is 23.8. The monoisotopic (exact) mass is 459 g/mol. The third-order valence-electron chi connectivity index (χ3n) is 4.24. The number of nitrogens with one attached hydrogen (secondary N) is 1. The van der Waals surface area contributed by atoms with Crippen molar-refractivity contribution < 1.29 is 27.3 Å². The van der Waals surface area contributed by atoms with Crippen LogP contribution in [0.25, 0.3) is 11.3 Å². The van der Waals surface area contributed by atoms with Crippen molar-refractivity contribution in [3.63, 3.8) is 0 Å².